The average molecular weight is 223 g/mol. The summed E-state index contributed by atoms with van der Waals surface area (Å²) in [4.78, 5) is 10.4. The molecule has 90 valence electrons. The molecule has 1 heterocycles. The van der Waals surface area contributed by atoms with Gasteiger partial charge in [-0.15, -0.1) is 0 Å². The minimum Gasteiger partial charge on any atom is -0.382 e. The average Bonchev–Trinajstić information content (AvgIpc) is 2.19. The fraction of sp³-hybridized carbons (Fsp3) is 0.636. The van der Waals surface area contributed by atoms with Crippen LogP contribution in [0.1, 0.15) is 13.8 Å². The molecule has 1 unspecified atom stereocenters. The van der Waals surface area contributed by atoms with Crippen molar-refractivity contribution >= 4 is 11.6 Å². The third-order valence-corrected chi connectivity index (χ3v) is 2.37. The van der Waals surface area contributed by atoms with E-state index in [9.17, 15) is 0 Å². The van der Waals surface area contributed by atoms with Crippen LogP contribution in [0, 0.1) is 5.92 Å². The number of nitrogens with two attached hydrogens (primary N) is 1. The van der Waals surface area contributed by atoms with Crippen LogP contribution in [0.5, 0.6) is 0 Å². The molecule has 0 spiro atoms. The first-order chi connectivity index (χ1) is 7.49. The molecule has 5 nitrogen and oxygen atoms in total. The molecule has 0 fully saturated rings. The first kappa shape index (κ1) is 12.7. The molecule has 0 bridgehead atoms. The minimum absolute atomic E-state index is 0.355. The van der Waals surface area contributed by atoms with Crippen molar-refractivity contribution in [3.8, 4) is 0 Å². The van der Waals surface area contributed by atoms with Gasteiger partial charge < -0.3 is 16.0 Å². The summed E-state index contributed by atoms with van der Waals surface area (Å²) >= 11 is 0. The first-order valence-electron chi connectivity index (χ1n) is 5.48. The van der Waals surface area contributed by atoms with Crippen molar-refractivity contribution in [3.05, 3.63) is 12.4 Å². The predicted molar refractivity (Wildman–Crippen MR) is 67.2 cm³/mol. The SMILES string of the molecule is CC(C)C(CN(C)C)Nc1cnc(N)cn1. The van der Waals surface area contributed by atoms with E-state index in [4.69, 9.17) is 5.73 Å². The highest BCUT2D eigenvalue weighted by Crippen LogP contribution is 2.10. The van der Waals surface area contributed by atoms with Gasteiger partial charge in [0.2, 0.25) is 0 Å². The zero-order valence-electron chi connectivity index (χ0n) is 10.4. The Balaban J connectivity index is 2.64. The predicted octanol–water partition coefficient (Wildman–Crippen LogP) is 1.06. The maximum Gasteiger partial charge on any atom is 0.144 e. The van der Waals surface area contributed by atoms with E-state index in [-0.39, 0.29) is 0 Å². The number of rotatable bonds is 5. The first-order valence-corrected chi connectivity index (χ1v) is 5.48. The van der Waals surface area contributed by atoms with Crippen molar-refractivity contribution in [2.75, 3.05) is 31.7 Å². The van der Waals surface area contributed by atoms with Crippen molar-refractivity contribution in [1.29, 1.82) is 0 Å². The summed E-state index contributed by atoms with van der Waals surface area (Å²) in [7, 11) is 4.12. The van der Waals surface area contributed by atoms with Gasteiger partial charge in [-0.2, -0.15) is 0 Å². The Bertz CT molecular complexity index is 307. The van der Waals surface area contributed by atoms with Gasteiger partial charge in [-0.1, -0.05) is 13.8 Å². The monoisotopic (exact) mass is 223 g/mol. The van der Waals surface area contributed by atoms with E-state index in [0.29, 0.717) is 17.8 Å². The number of hydrogen-bond acceptors (Lipinski definition) is 5. The van der Waals surface area contributed by atoms with Crippen LogP contribution in [0.3, 0.4) is 0 Å². The van der Waals surface area contributed by atoms with Crippen LogP contribution in [-0.4, -0.2) is 41.5 Å². The number of hydrogen-bond donors (Lipinski definition) is 2. The summed E-state index contributed by atoms with van der Waals surface area (Å²) in [5.74, 6) is 1.75. The fourth-order valence-corrected chi connectivity index (χ4v) is 1.42. The van der Waals surface area contributed by atoms with E-state index in [1.165, 1.54) is 0 Å². The highest BCUT2D eigenvalue weighted by atomic mass is 15.1. The second-order valence-electron chi connectivity index (χ2n) is 4.58. The molecular weight excluding hydrogens is 202 g/mol. The van der Waals surface area contributed by atoms with Gasteiger partial charge in [0, 0.05) is 12.6 Å². The minimum atomic E-state index is 0.355. The third-order valence-electron chi connectivity index (χ3n) is 2.37. The van der Waals surface area contributed by atoms with Gasteiger partial charge in [0.1, 0.15) is 11.6 Å². The van der Waals surface area contributed by atoms with Crippen LogP contribution < -0.4 is 11.1 Å². The smallest absolute Gasteiger partial charge is 0.144 e. The molecule has 0 amide bonds. The number of nitrogen functional groups attached to an aromatic ring is 1. The molecule has 5 heteroatoms. The highest BCUT2D eigenvalue weighted by molar-refractivity contribution is 5.37. The van der Waals surface area contributed by atoms with Crippen molar-refractivity contribution in [2.45, 2.75) is 19.9 Å². The second-order valence-corrected chi connectivity index (χ2v) is 4.58. The highest BCUT2D eigenvalue weighted by Gasteiger charge is 2.14. The van der Waals surface area contributed by atoms with Gasteiger partial charge in [0.25, 0.3) is 0 Å². The summed E-state index contributed by atoms with van der Waals surface area (Å²) in [6, 6.07) is 0.355. The van der Waals surface area contributed by atoms with Crippen LogP contribution in [0.4, 0.5) is 11.6 Å². The fourth-order valence-electron chi connectivity index (χ4n) is 1.42. The number of aromatic nitrogens is 2. The zero-order valence-corrected chi connectivity index (χ0v) is 10.4. The van der Waals surface area contributed by atoms with Crippen LogP contribution in [0.15, 0.2) is 12.4 Å². The molecule has 1 rings (SSSR count). The summed E-state index contributed by atoms with van der Waals surface area (Å²) in [5, 5.41) is 3.37. The molecule has 0 aliphatic rings. The number of nitrogens with zero attached hydrogens (tertiary/aromatic N) is 3. The van der Waals surface area contributed by atoms with E-state index in [0.717, 1.165) is 12.4 Å². The molecule has 16 heavy (non-hydrogen) atoms. The summed E-state index contributed by atoms with van der Waals surface area (Å²) < 4.78 is 0. The van der Waals surface area contributed by atoms with Crippen LogP contribution in [-0.2, 0) is 0 Å². The molecule has 0 aliphatic heterocycles. The largest absolute Gasteiger partial charge is 0.382 e. The van der Waals surface area contributed by atoms with Crippen molar-refractivity contribution < 1.29 is 0 Å². The normalized spacial score (nSPS) is 13.1. The maximum atomic E-state index is 5.49. The standard InChI is InChI=1S/C11H21N5/c1-8(2)9(7-16(3)4)15-11-6-13-10(12)5-14-11/h5-6,8-9H,7H2,1-4H3,(H2,12,13)(H,14,15). The lowest BCUT2D eigenvalue weighted by Crippen LogP contribution is -2.36. The number of anilines is 2. The van der Waals surface area contributed by atoms with Crippen LogP contribution in [0.25, 0.3) is 0 Å². The van der Waals surface area contributed by atoms with E-state index >= 15 is 0 Å². The Hall–Kier alpha value is -1.36. The Morgan fingerprint density at radius 2 is 2.00 bits per heavy atom. The Labute approximate surface area is 97.1 Å². The van der Waals surface area contributed by atoms with E-state index in [2.05, 4.69) is 48.1 Å². The van der Waals surface area contributed by atoms with Crippen LogP contribution in [0.2, 0.25) is 0 Å². The second kappa shape index (κ2) is 5.65. The molecule has 0 saturated carbocycles. The zero-order chi connectivity index (χ0) is 12.1. The Morgan fingerprint density at radius 3 is 2.44 bits per heavy atom. The third kappa shape index (κ3) is 4.02. The van der Waals surface area contributed by atoms with Gasteiger partial charge in [0.05, 0.1) is 12.4 Å². The van der Waals surface area contributed by atoms with Gasteiger partial charge in [-0.3, -0.25) is 0 Å². The lowest BCUT2D eigenvalue weighted by Gasteiger charge is -2.25. The van der Waals surface area contributed by atoms with Crippen molar-refractivity contribution in [3.63, 3.8) is 0 Å². The van der Waals surface area contributed by atoms with E-state index in [1.54, 1.807) is 12.4 Å². The van der Waals surface area contributed by atoms with Gasteiger partial charge >= 0.3 is 0 Å². The maximum absolute atomic E-state index is 5.49. The van der Waals surface area contributed by atoms with Gasteiger partial charge in [-0.05, 0) is 20.0 Å². The topological polar surface area (TPSA) is 67.1 Å². The number of nitrogens with one attached hydrogen (secondary N) is 1. The molecule has 1 atom stereocenters. The summed E-state index contributed by atoms with van der Waals surface area (Å²) in [6.07, 6.45) is 3.23. The lowest BCUT2D eigenvalue weighted by atomic mass is 10.0. The molecule has 0 saturated heterocycles. The van der Waals surface area contributed by atoms with Crippen molar-refractivity contribution in [2.24, 2.45) is 5.92 Å². The van der Waals surface area contributed by atoms with Crippen molar-refractivity contribution in [1.82, 2.24) is 14.9 Å². The number of likely N-dealkylation sites (N-methyl/N-ethyl adjacent to an activating group) is 1. The van der Waals surface area contributed by atoms with Crippen LogP contribution >= 0.6 is 0 Å². The molecule has 1 aromatic heterocycles. The molecule has 0 radical (unpaired) electrons. The Morgan fingerprint density at radius 1 is 1.31 bits per heavy atom. The Kier molecular flexibility index (Phi) is 4.49. The summed E-state index contributed by atoms with van der Waals surface area (Å²) in [6.45, 7) is 5.33. The van der Waals surface area contributed by atoms with Gasteiger partial charge in [0.15, 0.2) is 0 Å². The lowest BCUT2D eigenvalue weighted by molar-refractivity contribution is 0.344. The van der Waals surface area contributed by atoms with Gasteiger partial charge in [-0.25, -0.2) is 9.97 Å². The molecule has 1 aromatic rings. The molecule has 0 aliphatic carbocycles. The molecule has 3 N–H and O–H groups in total. The van der Waals surface area contributed by atoms with E-state index in [1.807, 2.05) is 0 Å². The quantitative estimate of drug-likeness (QED) is 0.781. The summed E-state index contributed by atoms with van der Waals surface area (Å²) in [5.41, 5.74) is 5.49. The molecular formula is C11H21N5. The van der Waals surface area contributed by atoms with E-state index < -0.39 is 0 Å². The molecule has 0 aromatic carbocycles.